The van der Waals surface area contributed by atoms with Crippen LogP contribution in [0, 0.1) is 5.41 Å². The molecule has 106 valence electrons. The van der Waals surface area contributed by atoms with E-state index < -0.39 is 0 Å². The van der Waals surface area contributed by atoms with Crippen LogP contribution < -0.4 is 5.73 Å². The smallest absolute Gasteiger partial charge is 0.0185 e. The van der Waals surface area contributed by atoms with Crippen LogP contribution in [-0.2, 0) is 5.75 Å². The SMILES string of the molecule is CC1(C)CN(CCSCc2ccccc2)CCC1N. The molecule has 1 aliphatic rings. The van der Waals surface area contributed by atoms with E-state index in [0.29, 0.717) is 6.04 Å². The van der Waals surface area contributed by atoms with E-state index >= 15 is 0 Å². The minimum atomic E-state index is 0.266. The zero-order valence-electron chi connectivity index (χ0n) is 12.1. The van der Waals surface area contributed by atoms with Crippen LogP contribution in [0.15, 0.2) is 30.3 Å². The number of piperidine rings is 1. The van der Waals surface area contributed by atoms with Gasteiger partial charge in [-0.25, -0.2) is 0 Å². The molecule has 0 aliphatic carbocycles. The fraction of sp³-hybridized carbons (Fsp3) is 0.625. The van der Waals surface area contributed by atoms with Crippen molar-refractivity contribution in [3.05, 3.63) is 35.9 Å². The summed E-state index contributed by atoms with van der Waals surface area (Å²) in [6.07, 6.45) is 1.14. The third-order valence-electron chi connectivity index (χ3n) is 4.05. The van der Waals surface area contributed by atoms with Crippen molar-refractivity contribution in [2.75, 3.05) is 25.4 Å². The van der Waals surface area contributed by atoms with E-state index in [1.54, 1.807) is 0 Å². The van der Waals surface area contributed by atoms with E-state index in [0.717, 1.165) is 25.3 Å². The Bertz CT molecular complexity index is 378. The molecule has 1 atom stereocenters. The highest BCUT2D eigenvalue weighted by Gasteiger charge is 2.32. The molecule has 3 heteroatoms. The average molecular weight is 278 g/mol. The molecule has 0 radical (unpaired) electrons. The highest BCUT2D eigenvalue weighted by atomic mass is 32.2. The van der Waals surface area contributed by atoms with Crippen LogP contribution in [0.3, 0.4) is 0 Å². The van der Waals surface area contributed by atoms with Crippen LogP contribution in [0.25, 0.3) is 0 Å². The van der Waals surface area contributed by atoms with Gasteiger partial charge >= 0.3 is 0 Å². The maximum absolute atomic E-state index is 6.17. The van der Waals surface area contributed by atoms with Gasteiger partial charge in [-0.2, -0.15) is 11.8 Å². The molecule has 0 aromatic heterocycles. The normalized spacial score (nSPS) is 23.4. The number of hydrogen-bond acceptors (Lipinski definition) is 3. The third-order valence-corrected chi connectivity index (χ3v) is 5.06. The highest BCUT2D eigenvalue weighted by molar-refractivity contribution is 7.98. The molecular weight excluding hydrogens is 252 g/mol. The van der Waals surface area contributed by atoms with E-state index in [-0.39, 0.29) is 5.41 Å². The predicted octanol–water partition coefficient (Wildman–Crippen LogP) is 2.98. The van der Waals surface area contributed by atoms with Crippen molar-refractivity contribution in [1.82, 2.24) is 4.90 Å². The number of hydrogen-bond donors (Lipinski definition) is 1. The van der Waals surface area contributed by atoms with Gasteiger partial charge in [-0.15, -0.1) is 0 Å². The molecule has 19 heavy (non-hydrogen) atoms. The molecular formula is C16H26N2S. The summed E-state index contributed by atoms with van der Waals surface area (Å²) in [6.45, 7) is 8.08. The fourth-order valence-corrected chi connectivity index (χ4v) is 3.59. The molecule has 1 aromatic carbocycles. The third kappa shape index (κ3) is 4.51. The van der Waals surface area contributed by atoms with Gasteiger partial charge in [-0.1, -0.05) is 44.2 Å². The lowest BCUT2D eigenvalue weighted by atomic mass is 9.80. The Kier molecular flexibility index (Phi) is 5.31. The Morgan fingerprint density at radius 2 is 2.05 bits per heavy atom. The van der Waals surface area contributed by atoms with Gasteiger partial charge in [0.05, 0.1) is 0 Å². The summed E-state index contributed by atoms with van der Waals surface area (Å²) in [5.74, 6) is 2.33. The second-order valence-electron chi connectivity index (χ2n) is 6.20. The lowest BCUT2D eigenvalue weighted by Crippen LogP contribution is -2.52. The summed E-state index contributed by atoms with van der Waals surface area (Å²) in [7, 11) is 0. The first-order valence-corrected chi connectivity index (χ1v) is 8.33. The van der Waals surface area contributed by atoms with Crippen molar-refractivity contribution >= 4 is 11.8 Å². The zero-order chi connectivity index (χ0) is 13.7. The summed E-state index contributed by atoms with van der Waals surface area (Å²) in [5.41, 5.74) is 7.86. The van der Waals surface area contributed by atoms with Crippen molar-refractivity contribution in [1.29, 1.82) is 0 Å². The van der Waals surface area contributed by atoms with Crippen molar-refractivity contribution in [2.45, 2.75) is 32.1 Å². The molecule has 0 saturated carbocycles. The molecule has 1 aliphatic heterocycles. The lowest BCUT2D eigenvalue weighted by Gasteiger charge is -2.42. The molecule has 1 aromatic rings. The van der Waals surface area contributed by atoms with Crippen LogP contribution in [0.1, 0.15) is 25.8 Å². The maximum atomic E-state index is 6.17. The molecule has 1 unspecified atom stereocenters. The maximum Gasteiger partial charge on any atom is 0.0185 e. The van der Waals surface area contributed by atoms with Crippen molar-refractivity contribution in [3.8, 4) is 0 Å². The Morgan fingerprint density at radius 3 is 2.74 bits per heavy atom. The molecule has 2 N–H and O–H groups in total. The first-order chi connectivity index (χ1) is 9.08. The summed E-state index contributed by atoms with van der Waals surface area (Å²) in [6, 6.07) is 11.1. The topological polar surface area (TPSA) is 29.3 Å². The van der Waals surface area contributed by atoms with Crippen molar-refractivity contribution in [3.63, 3.8) is 0 Å². The number of likely N-dealkylation sites (tertiary alicyclic amines) is 1. The second kappa shape index (κ2) is 6.78. The largest absolute Gasteiger partial charge is 0.327 e. The van der Waals surface area contributed by atoms with Gasteiger partial charge in [0.25, 0.3) is 0 Å². The Balaban J connectivity index is 1.66. The molecule has 0 bridgehead atoms. The predicted molar refractivity (Wildman–Crippen MR) is 85.4 cm³/mol. The summed E-state index contributed by atoms with van der Waals surface area (Å²) in [5, 5.41) is 0. The molecule has 1 fully saturated rings. The van der Waals surface area contributed by atoms with Crippen molar-refractivity contribution < 1.29 is 0 Å². The van der Waals surface area contributed by atoms with Gasteiger partial charge in [0.15, 0.2) is 0 Å². The molecule has 0 amide bonds. The molecule has 2 rings (SSSR count). The van der Waals surface area contributed by atoms with E-state index in [2.05, 4.69) is 49.1 Å². The van der Waals surface area contributed by atoms with Gasteiger partial charge in [-0.05, 0) is 23.9 Å². The Morgan fingerprint density at radius 1 is 1.32 bits per heavy atom. The highest BCUT2D eigenvalue weighted by Crippen LogP contribution is 2.27. The summed E-state index contributed by atoms with van der Waals surface area (Å²) >= 11 is 2.03. The number of thioether (sulfide) groups is 1. The summed E-state index contributed by atoms with van der Waals surface area (Å²) < 4.78 is 0. The number of nitrogens with two attached hydrogens (primary N) is 1. The minimum absolute atomic E-state index is 0.266. The van der Waals surface area contributed by atoms with Crippen LogP contribution in [0.2, 0.25) is 0 Å². The molecule has 1 heterocycles. The average Bonchev–Trinajstić information content (AvgIpc) is 2.40. The number of rotatable bonds is 5. The lowest BCUT2D eigenvalue weighted by molar-refractivity contribution is 0.101. The van der Waals surface area contributed by atoms with Gasteiger partial charge in [-0.3, -0.25) is 0 Å². The van der Waals surface area contributed by atoms with Gasteiger partial charge in [0.2, 0.25) is 0 Å². The first-order valence-electron chi connectivity index (χ1n) is 7.17. The van der Waals surface area contributed by atoms with Crippen LogP contribution in [-0.4, -0.2) is 36.3 Å². The van der Waals surface area contributed by atoms with Crippen LogP contribution in [0.5, 0.6) is 0 Å². The number of nitrogens with zero attached hydrogens (tertiary/aromatic N) is 1. The van der Waals surface area contributed by atoms with E-state index in [1.807, 2.05) is 11.8 Å². The molecule has 1 saturated heterocycles. The van der Waals surface area contributed by atoms with Gasteiger partial charge in [0, 0.05) is 30.6 Å². The zero-order valence-corrected chi connectivity index (χ0v) is 13.0. The van der Waals surface area contributed by atoms with E-state index in [4.69, 9.17) is 5.73 Å². The van der Waals surface area contributed by atoms with Crippen LogP contribution in [0.4, 0.5) is 0 Å². The Hall–Kier alpha value is -0.510. The standard InChI is InChI=1S/C16H26N2S/c1-16(2)13-18(9-8-15(16)17)10-11-19-12-14-6-4-3-5-7-14/h3-7,15H,8-13,17H2,1-2H3. The molecule has 0 spiro atoms. The van der Waals surface area contributed by atoms with E-state index in [1.165, 1.54) is 17.9 Å². The van der Waals surface area contributed by atoms with Crippen molar-refractivity contribution in [2.24, 2.45) is 11.1 Å². The Labute approximate surface area is 121 Å². The fourth-order valence-electron chi connectivity index (χ4n) is 2.63. The molecule has 2 nitrogen and oxygen atoms in total. The van der Waals surface area contributed by atoms with Gasteiger partial charge in [0.1, 0.15) is 0 Å². The van der Waals surface area contributed by atoms with Crippen LogP contribution >= 0.6 is 11.8 Å². The monoisotopic (exact) mass is 278 g/mol. The quantitative estimate of drug-likeness (QED) is 0.840. The second-order valence-corrected chi connectivity index (χ2v) is 7.30. The minimum Gasteiger partial charge on any atom is -0.327 e. The van der Waals surface area contributed by atoms with Gasteiger partial charge < -0.3 is 10.6 Å². The van der Waals surface area contributed by atoms with E-state index in [9.17, 15) is 0 Å². The number of benzene rings is 1. The first kappa shape index (κ1) is 14.9. The summed E-state index contributed by atoms with van der Waals surface area (Å²) in [4.78, 5) is 2.57.